The number of fused-ring (bicyclic) bond motifs is 1. The van der Waals surface area contributed by atoms with E-state index in [0.29, 0.717) is 11.6 Å². The van der Waals surface area contributed by atoms with E-state index < -0.39 is 0 Å². The third-order valence-electron chi connectivity index (χ3n) is 6.51. The molecule has 1 saturated heterocycles. The van der Waals surface area contributed by atoms with Crippen LogP contribution in [0.4, 0.5) is 0 Å². The first-order valence-corrected chi connectivity index (χ1v) is 11.2. The standard InChI is InChI=1S/C26H31N3O2.ClH/c1-3-20-17-22(18-21-9-10-24(30)27-25(20)21)26(31)29-15-12-23(13-16-29)28(2)14-11-19-7-5-4-6-8-19;/h4-10,17-18,23H,3,11-16H2,1-2H3,(H,27,30);1H. The zero-order valence-corrected chi connectivity index (χ0v) is 19.7. The zero-order valence-electron chi connectivity index (χ0n) is 18.8. The fourth-order valence-electron chi connectivity index (χ4n) is 4.57. The van der Waals surface area contributed by atoms with Crippen molar-refractivity contribution >= 4 is 29.2 Å². The quantitative estimate of drug-likeness (QED) is 0.605. The van der Waals surface area contributed by atoms with Crippen molar-refractivity contribution < 1.29 is 4.79 Å². The second-order valence-corrected chi connectivity index (χ2v) is 8.52. The summed E-state index contributed by atoms with van der Waals surface area (Å²) in [6.45, 7) is 4.64. The number of aryl methyl sites for hydroxylation is 1. The van der Waals surface area contributed by atoms with Gasteiger partial charge in [-0.25, -0.2) is 0 Å². The van der Waals surface area contributed by atoms with E-state index in [1.54, 1.807) is 6.07 Å². The average molecular weight is 454 g/mol. The first kappa shape index (κ1) is 24.0. The van der Waals surface area contributed by atoms with E-state index >= 15 is 0 Å². The monoisotopic (exact) mass is 453 g/mol. The molecule has 1 aliphatic heterocycles. The molecule has 32 heavy (non-hydrogen) atoms. The first-order valence-electron chi connectivity index (χ1n) is 11.2. The number of hydrogen-bond acceptors (Lipinski definition) is 3. The Balaban J connectivity index is 0.00000289. The number of likely N-dealkylation sites (tertiary alicyclic amines) is 1. The molecule has 2 heterocycles. The van der Waals surface area contributed by atoms with Gasteiger partial charge < -0.3 is 14.8 Å². The molecule has 1 fully saturated rings. The number of aromatic amines is 1. The number of halogens is 1. The highest BCUT2D eigenvalue weighted by molar-refractivity contribution is 5.99. The Hall–Kier alpha value is -2.63. The fourth-order valence-corrected chi connectivity index (χ4v) is 4.57. The number of H-pyrrole nitrogens is 1. The number of amides is 1. The maximum Gasteiger partial charge on any atom is 0.253 e. The highest BCUT2D eigenvalue weighted by Crippen LogP contribution is 2.22. The van der Waals surface area contributed by atoms with Gasteiger partial charge in [-0.1, -0.05) is 37.3 Å². The predicted molar refractivity (Wildman–Crippen MR) is 133 cm³/mol. The Kier molecular flexibility index (Phi) is 8.10. The molecule has 0 unspecified atom stereocenters. The van der Waals surface area contributed by atoms with Gasteiger partial charge in [0.2, 0.25) is 5.56 Å². The first-order chi connectivity index (χ1) is 15.0. The van der Waals surface area contributed by atoms with Crippen LogP contribution in [0.5, 0.6) is 0 Å². The number of carbonyl (C=O) groups is 1. The third kappa shape index (κ3) is 5.40. The summed E-state index contributed by atoms with van der Waals surface area (Å²) in [5, 5.41) is 0.915. The molecule has 0 spiro atoms. The molecule has 0 radical (unpaired) electrons. The molecule has 170 valence electrons. The van der Waals surface area contributed by atoms with Crippen LogP contribution in [0.25, 0.3) is 10.9 Å². The van der Waals surface area contributed by atoms with Gasteiger partial charge in [0.05, 0.1) is 5.52 Å². The number of aromatic nitrogens is 1. The number of pyridine rings is 1. The van der Waals surface area contributed by atoms with Crippen LogP contribution in [0, 0.1) is 0 Å². The van der Waals surface area contributed by atoms with Crippen molar-refractivity contribution in [2.24, 2.45) is 0 Å². The summed E-state index contributed by atoms with van der Waals surface area (Å²) in [6.07, 6.45) is 3.82. The minimum atomic E-state index is -0.111. The molecule has 0 bridgehead atoms. The van der Waals surface area contributed by atoms with Crippen molar-refractivity contribution in [2.75, 3.05) is 26.7 Å². The Labute approximate surface area is 195 Å². The van der Waals surface area contributed by atoms with Crippen molar-refractivity contribution in [1.29, 1.82) is 0 Å². The van der Waals surface area contributed by atoms with E-state index in [0.717, 1.165) is 61.8 Å². The lowest BCUT2D eigenvalue weighted by Crippen LogP contribution is -2.46. The van der Waals surface area contributed by atoms with E-state index in [1.807, 2.05) is 24.0 Å². The Morgan fingerprint density at radius 3 is 2.50 bits per heavy atom. The lowest BCUT2D eigenvalue weighted by Gasteiger charge is -2.37. The average Bonchev–Trinajstić information content (AvgIpc) is 2.82. The van der Waals surface area contributed by atoms with Crippen LogP contribution in [-0.4, -0.2) is 53.4 Å². The molecule has 6 heteroatoms. The maximum atomic E-state index is 13.2. The van der Waals surface area contributed by atoms with Crippen LogP contribution in [0.3, 0.4) is 0 Å². The number of nitrogens with one attached hydrogen (secondary N) is 1. The predicted octanol–water partition coefficient (Wildman–Crippen LogP) is 4.29. The number of piperidine rings is 1. The molecule has 1 aromatic heterocycles. The topological polar surface area (TPSA) is 56.4 Å². The third-order valence-corrected chi connectivity index (χ3v) is 6.51. The second-order valence-electron chi connectivity index (χ2n) is 8.52. The van der Waals surface area contributed by atoms with Gasteiger partial charge in [-0.3, -0.25) is 9.59 Å². The van der Waals surface area contributed by atoms with Crippen molar-refractivity contribution in [3.8, 4) is 0 Å². The molecular weight excluding hydrogens is 422 g/mol. The number of carbonyl (C=O) groups excluding carboxylic acids is 1. The number of likely N-dealkylation sites (N-methyl/N-ethyl adjacent to an activating group) is 1. The number of benzene rings is 2. The SMILES string of the molecule is CCc1cc(C(=O)N2CCC(N(C)CCc3ccccc3)CC2)cc2ccc(=O)[nH]c12.Cl. The lowest BCUT2D eigenvalue weighted by atomic mass is 9.99. The van der Waals surface area contributed by atoms with Gasteiger partial charge in [0, 0.05) is 37.3 Å². The van der Waals surface area contributed by atoms with Crippen LogP contribution < -0.4 is 5.56 Å². The molecule has 0 saturated carbocycles. The summed E-state index contributed by atoms with van der Waals surface area (Å²) in [5.41, 5.74) is 3.82. The van der Waals surface area contributed by atoms with Crippen molar-refractivity contribution in [3.05, 3.63) is 81.6 Å². The summed E-state index contributed by atoms with van der Waals surface area (Å²) >= 11 is 0. The van der Waals surface area contributed by atoms with E-state index in [1.165, 1.54) is 11.6 Å². The Bertz CT molecular complexity index is 1110. The van der Waals surface area contributed by atoms with E-state index in [9.17, 15) is 9.59 Å². The second kappa shape index (κ2) is 10.8. The molecule has 3 aromatic rings. The fraction of sp³-hybridized carbons (Fsp3) is 0.385. The van der Waals surface area contributed by atoms with Crippen LogP contribution in [0.1, 0.15) is 41.3 Å². The van der Waals surface area contributed by atoms with Crippen LogP contribution in [0.2, 0.25) is 0 Å². The Morgan fingerprint density at radius 2 is 1.81 bits per heavy atom. The van der Waals surface area contributed by atoms with E-state index in [2.05, 4.69) is 47.3 Å². The van der Waals surface area contributed by atoms with Crippen molar-refractivity contribution in [2.45, 2.75) is 38.6 Å². The van der Waals surface area contributed by atoms with Crippen LogP contribution >= 0.6 is 12.4 Å². The van der Waals surface area contributed by atoms with Gasteiger partial charge in [0.15, 0.2) is 0 Å². The molecule has 2 aromatic carbocycles. The zero-order chi connectivity index (χ0) is 21.8. The smallest absolute Gasteiger partial charge is 0.253 e. The molecule has 0 aliphatic carbocycles. The Morgan fingerprint density at radius 1 is 1.09 bits per heavy atom. The van der Waals surface area contributed by atoms with Crippen LogP contribution in [0.15, 0.2) is 59.4 Å². The molecular formula is C26H32ClN3O2. The summed E-state index contributed by atoms with van der Waals surface area (Å²) in [5.74, 6) is 0.0909. The minimum Gasteiger partial charge on any atom is -0.339 e. The van der Waals surface area contributed by atoms with Gasteiger partial charge in [-0.2, -0.15) is 0 Å². The molecule has 1 amide bonds. The number of rotatable bonds is 6. The van der Waals surface area contributed by atoms with Gasteiger partial charge in [-0.15, -0.1) is 12.4 Å². The normalized spacial score (nSPS) is 14.5. The molecule has 1 aliphatic rings. The minimum absolute atomic E-state index is 0. The molecule has 1 N–H and O–H groups in total. The largest absolute Gasteiger partial charge is 0.339 e. The summed E-state index contributed by atoms with van der Waals surface area (Å²) < 4.78 is 0. The van der Waals surface area contributed by atoms with E-state index in [-0.39, 0.29) is 23.9 Å². The lowest BCUT2D eigenvalue weighted by molar-refractivity contribution is 0.0647. The summed E-state index contributed by atoms with van der Waals surface area (Å²) in [4.78, 5) is 32.2. The molecule has 0 atom stereocenters. The maximum absolute atomic E-state index is 13.2. The van der Waals surface area contributed by atoms with Gasteiger partial charge in [0.25, 0.3) is 5.91 Å². The molecule has 5 nitrogen and oxygen atoms in total. The molecule has 4 rings (SSSR count). The number of nitrogens with zero attached hydrogens (tertiary/aromatic N) is 2. The highest BCUT2D eigenvalue weighted by Gasteiger charge is 2.26. The van der Waals surface area contributed by atoms with Gasteiger partial charge >= 0.3 is 0 Å². The summed E-state index contributed by atoms with van der Waals surface area (Å²) in [6, 6.07) is 18.3. The van der Waals surface area contributed by atoms with Gasteiger partial charge in [-0.05, 0) is 67.4 Å². The van der Waals surface area contributed by atoms with Crippen LogP contribution in [-0.2, 0) is 12.8 Å². The van der Waals surface area contributed by atoms with E-state index in [4.69, 9.17) is 0 Å². The van der Waals surface area contributed by atoms with Crippen molar-refractivity contribution in [1.82, 2.24) is 14.8 Å². The number of hydrogen-bond donors (Lipinski definition) is 1. The van der Waals surface area contributed by atoms with Gasteiger partial charge in [0.1, 0.15) is 0 Å². The highest BCUT2D eigenvalue weighted by atomic mass is 35.5. The summed E-state index contributed by atoms with van der Waals surface area (Å²) in [7, 11) is 2.20. The van der Waals surface area contributed by atoms with Crippen molar-refractivity contribution in [3.63, 3.8) is 0 Å².